The van der Waals surface area contributed by atoms with Crippen LogP contribution in [-0.4, -0.2) is 19.1 Å². The molecule has 12 rings (SSSR count). The molecule has 4 heterocycles. The van der Waals surface area contributed by atoms with Gasteiger partial charge in [-0.25, -0.2) is 9.97 Å². The molecule has 0 spiro atoms. The summed E-state index contributed by atoms with van der Waals surface area (Å²) in [5.41, 5.74) is 13.3. The van der Waals surface area contributed by atoms with Crippen molar-refractivity contribution in [2.75, 3.05) is 0 Å². The average Bonchev–Trinajstić information content (AvgIpc) is 3.95. The third kappa shape index (κ3) is 4.82. The minimum atomic E-state index is 0.681. The van der Waals surface area contributed by atoms with Gasteiger partial charge >= 0.3 is 0 Å². The van der Waals surface area contributed by atoms with E-state index in [1.165, 1.54) is 27.1 Å². The molecule has 0 atom stereocenters. The van der Waals surface area contributed by atoms with E-state index in [9.17, 15) is 0 Å². The highest BCUT2D eigenvalue weighted by molar-refractivity contribution is 6.32. The third-order valence-corrected chi connectivity index (χ3v) is 11.3. The van der Waals surface area contributed by atoms with Crippen LogP contribution in [0, 0.1) is 0 Å². The molecule has 0 bridgehead atoms. The van der Waals surface area contributed by atoms with Gasteiger partial charge in [-0.05, 0) is 60.7 Å². The van der Waals surface area contributed by atoms with Gasteiger partial charge in [0.1, 0.15) is 11.2 Å². The Morgan fingerprint density at radius 3 is 1.70 bits per heavy atom. The summed E-state index contributed by atoms with van der Waals surface area (Å²) in [5, 5.41) is 7.04. The highest BCUT2D eigenvalue weighted by Crippen LogP contribution is 2.46. The maximum atomic E-state index is 6.43. The average molecular weight is 729 g/mol. The summed E-state index contributed by atoms with van der Waals surface area (Å²) in [6, 6.07) is 68.2. The minimum Gasteiger partial charge on any atom is -0.456 e. The Kier molecular flexibility index (Phi) is 6.86. The Hall–Kier alpha value is -7.76. The molecule has 5 heteroatoms. The monoisotopic (exact) mass is 728 g/mol. The van der Waals surface area contributed by atoms with Gasteiger partial charge in [-0.15, -0.1) is 0 Å². The van der Waals surface area contributed by atoms with Gasteiger partial charge in [-0.2, -0.15) is 0 Å². The number of furan rings is 1. The predicted molar refractivity (Wildman–Crippen MR) is 234 cm³/mol. The number of rotatable bonds is 5. The van der Waals surface area contributed by atoms with Crippen LogP contribution in [-0.2, 0) is 0 Å². The number of hydrogen-bond donors (Lipinski definition) is 0. The Balaban J connectivity index is 1.14. The first kappa shape index (κ1) is 31.6. The number of nitrogens with zero attached hydrogens (tertiary/aromatic N) is 4. The zero-order chi connectivity index (χ0) is 37.5. The third-order valence-electron chi connectivity index (χ3n) is 11.3. The van der Waals surface area contributed by atoms with Crippen LogP contribution >= 0.6 is 0 Å². The second kappa shape index (κ2) is 12.4. The Bertz CT molecular complexity index is 3450. The molecule has 0 unspecified atom stereocenters. The van der Waals surface area contributed by atoms with Crippen molar-refractivity contribution >= 4 is 65.6 Å². The molecule has 0 aliphatic heterocycles. The second-order valence-corrected chi connectivity index (χ2v) is 14.6. The largest absolute Gasteiger partial charge is 0.456 e. The zero-order valence-electron chi connectivity index (χ0n) is 30.7. The lowest BCUT2D eigenvalue weighted by atomic mass is 10.0. The summed E-state index contributed by atoms with van der Waals surface area (Å²) in [6.07, 6.45) is 0. The molecular formula is C52H32N4O. The first-order chi connectivity index (χ1) is 28.3. The van der Waals surface area contributed by atoms with Crippen molar-refractivity contribution in [2.24, 2.45) is 0 Å². The predicted octanol–water partition coefficient (Wildman–Crippen LogP) is 13.6. The van der Waals surface area contributed by atoms with Crippen LogP contribution in [0.4, 0.5) is 0 Å². The number of aromatic nitrogens is 4. The molecule has 0 amide bonds. The van der Waals surface area contributed by atoms with Crippen LogP contribution in [0.1, 0.15) is 0 Å². The molecule has 0 N–H and O–H groups in total. The highest BCUT2D eigenvalue weighted by atomic mass is 16.3. The molecule has 5 nitrogen and oxygen atoms in total. The molecule has 0 saturated carbocycles. The van der Waals surface area contributed by atoms with Crippen LogP contribution in [0.15, 0.2) is 199 Å². The fraction of sp³-hybridized carbons (Fsp3) is 0. The van der Waals surface area contributed by atoms with Crippen LogP contribution in [0.25, 0.3) is 111 Å². The smallest absolute Gasteiger partial charge is 0.160 e. The van der Waals surface area contributed by atoms with E-state index in [-0.39, 0.29) is 0 Å². The van der Waals surface area contributed by atoms with Crippen molar-refractivity contribution in [2.45, 2.75) is 0 Å². The Morgan fingerprint density at radius 2 is 0.947 bits per heavy atom. The van der Waals surface area contributed by atoms with Crippen LogP contribution in [0.5, 0.6) is 0 Å². The zero-order valence-corrected chi connectivity index (χ0v) is 30.7. The van der Waals surface area contributed by atoms with Crippen molar-refractivity contribution in [3.05, 3.63) is 194 Å². The molecule has 0 fully saturated rings. The summed E-state index contributed by atoms with van der Waals surface area (Å²) in [7, 11) is 0. The molecule has 4 aromatic heterocycles. The van der Waals surface area contributed by atoms with Crippen molar-refractivity contribution in [3.63, 3.8) is 0 Å². The second-order valence-electron chi connectivity index (χ2n) is 14.6. The molecule has 12 aromatic rings. The van der Waals surface area contributed by atoms with E-state index in [1.807, 2.05) is 18.2 Å². The van der Waals surface area contributed by atoms with E-state index in [0.29, 0.717) is 5.82 Å². The van der Waals surface area contributed by atoms with Crippen molar-refractivity contribution in [1.29, 1.82) is 0 Å². The molecule has 0 saturated heterocycles. The minimum absolute atomic E-state index is 0.681. The number of benzene rings is 8. The molecule has 8 aromatic carbocycles. The van der Waals surface area contributed by atoms with Crippen molar-refractivity contribution in [3.8, 4) is 45.3 Å². The van der Waals surface area contributed by atoms with Gasteiger partial charge in [0.25, 0.3) is 0 Å². The first-order valence-electron chi connectivity index (χ1n) is 19.3. The van der Waals surface area contributed by atoms with Gasteiger partial charge in [0.15, 0.2) is 5.82 Å². The number of fused-ring (bicyclic) bond motifs is 11. The quantitative estimate of drug-likeness (QED) is 0.177. The number of hydrogen-bond acceptors (Lipinski definition) is 3. The Morgan fingerprint density at radius 1 is 0.351 bits per heavy atom. The van der Waals surface area contributed by atoms with Gasteiger partial charge in [-0.3, -0.25) is 0 Å². The standard InChI is InChI=1S/C52H32N4O/c1-4-15-33(16-5-1)41-32-42(34-17-6-2-7-18-34)54-52(53-41)35-19-14-22-37(31-35)55-43-25-12-10-23-38(43)49-45(55)28-27-40-48-44(56(51(40)49)36-20-8-3-9-21-36)29-30-47-50(48)39-24-11-13-26-46(39)57-47/h1-32H. The molecule has 57 heavy (non-hydrogen) atoms. The molecule has 266 valence electrons. The van der Waals surface area contributed by atoms with Crippen LogP contribution < -0.4 is 0 Å². The van der Waals surface area contributed by atoms with E-state index in [2.05, 4.69) is 185 Å². The van der Waals surface area contributed by atoms with Gasteiger partial charge in [0.2, 0.25) is 0 Å². The van der Waals surface area contributed by atoms with E-state index in [0.717, 1.165) is 77.9 Å². The maximum absolute atomic E-state index is 6.43. The summed E-state index contributed by atoms with van der Waals surface area (Å²) in [4.78, 5) is 10.3. The lowest BCUT2D eigenvalue weighted by Gasteiger charge is -2.12. The van der Waals surface area contributed by atoms with E-state index >= 15 is 0 Å². The molecule has 0 aliphatic carbocycles. The summed E-state index contributed by atoms with van der Waals surface area (Å²) in [6.45, 7) is 0. The van der Waals surface area contributed by atoms with Crippen LogP contribution in [0.2, 0.25) is 0 Å². The lowest BCUT2D eigenvalue weighted by Crippen LogP contribution is -1.98. The summed E-state index contributed by atoms with van der Waals surface area (Å²) < 4.78 is 11.3. The van der Waals surface area contributed by atoms with Crippen molar-refractivity contribution < 1.29 is 4.42 Å². The topological polar surface area (TPSA) is 48.8 Å². The van der Waals surface area contributed by atoms with E-state index < -0.39 is 0 Å². The lowest BCUT2D eigenvalue weighted by molar-refractivity contribution is 0.669. The molecular weight excluding hydrogens is 697 g/mol. The maximum Gasteiger partial charge on any atom is 0.160 e. The summed E-state index contributed by atoms with van der Waals surface area (Å²) >= 11 is 0. The van der Waals surface area contributed by atoms with Crippen LogP contribution in [0.3, 0.4) is 0 Å². The van der Waals surface area contributed by atoms with E-state index in [1.54, 1.807) is 0 Å². The van der Waals surface area contributed by atoms with E-state index in [4.69, 9.17) is 14.4 Å². The van der Waals surface area contributed by atoms with Gasteiger partial charge in [0.05, 0.1) is 33.5 Å². The fourth-order valence-corrected chi connectivity index (χ4v) is 8.86. The normalized spacial score (nSPS) is 11.9. The molecule has 0 radical (unpaired) electrons. The molecule has 0 aliphatic rings. The summed E-state index contributed by atoms with van der Waals surface area (Å²) in [5.74, 6) is 0.681. The first-order valence-corrected chi connectivity index (χ1v) is 19.3. The van der Waals surface area contributed by atoms with Gasteiger partial charge in [0, 0.05) is 60.4 Å². The highest BCUT2D eigenvalue weighted by Gasteiger charge is 2.24. The fourth-order valence-electron chi connectivity index (χ4n) is 8.86. The van der Waals surface area contributed by atoms with Crippen molar-refractivity contribution in [1.82, 2.24) is 19.1 Å². The van der Waals surface area contributed by atoms with Gasteiger partial charge < -0.3 is 13.6 Å². The Labute approximate surface area is 327 Å². The number of para-hydroxylation sites is 3. The van der Waals surface area contributed by atoms with Gasteiger partial charge in [-0.1, -0.05) is 133 Å². The SMILES string of the molecule is c1ccc(-c2cc(-c3ccccc3)nc(-c3cccc(-n4c5ccccc5c5c4ccc4c6c7c(ccc6n(-c6ccccc6)c45)oc4ccccc47)c3)n2)cc1.